The van der Waals surface area contributed by atoms with Crippen molar-refractivity contribution in [2.24, 2.45) is 5.92 Å². The quantitative estimate of drug-likeness (QED) is 0.800. The molecule has 2 rings (SSSR count). The fourth-order valence-corrected chi connectivity index (χ4v) is 2.45. The lowest BCUT2D eigenvalue weighted by Gasteiger charge is -2.24. The Labute approximate surface area is 110 Å². The predicted octanol–water partition coefficient (Wildman–Crippen LogP) is 4.06. The van der Waals surface area contributed by atoms with Crippen LogP contribution in [0.1, 0.15) is 51.2 Å². The molecule has 100 valence electrons. The molecule has 1 aliphatic rings. The van der Waals surface area contributed by atoms with Gasteiger partial charge in [-0.15, -0.1) is 0 Å². The predicted molar refractivity (Wildman–Crippen MR) is 73.6 cm³/mol. The molecule has 0 bridgehead atoms. The van der Waals surface area contributed by atoms with E-state index in [4.69, 9.17) is 9.47 Å². The minimum absolute atomic E-state index is 0.544. The summed E-state index contributed by atoms with van der Waals surface area (Å²) in [5.41, 5.74) is 2.51. The van der Waals surface area contributed by atoms with E-state index < -0.39 is 5.79 Å². The standard InChI is InChI=1S/C16H24O2/c1-5-12(2)13(3)14-6-8-15(9-7-14)16(4)17-10-11-18-16/h6-9,12-13H,5,10-11H2,1-4H3. The molecule has 2 unspecified atom stereocenters. The van der Waals surface area contributed by atoms with E-state index >= 15 is 0 Å². The summed E-state index contributed by atoms with van der Waals surface area (Å²) in [5, 5.41) is 0. The van der Waals surface area contributed by atoms with Crippen molar-refractivity contribution in [3.8, 4) is 0 Å². The van der Waals surface area contributed by atoms with Gasteiger partial charge in [0.05, 0.1) is 13.2 Å². The molecule has 1 aromatic carbocycles. The molecule has 1 fully saturated rings. The maximum Gasteiger partial charge on any atom is 0.192 e. The normalized spacial score (nSPS) is 21.8. The monoisotopic (exact) mass is 248 g/mol. The van der Waals surface area contributed by atoms with E-state index in [1.54, 1.807) is 0 Å². The average Bonchev–Trinajstić information content (AvgIpc) is 2.85. The Hall–Kier alpha value is -0.860. The first-order valence-corrected chi connectivity index (χ1v) is 6.95. The number of hydrogen-bond acceptors (Lipinski definition) is 2. The van der Waals surface area contributed by atoms with Crippen LogP contribution in [0.2, 0.25) is 0 Å². The Balaban J connectivity index is 2.15. The molecule has 0 radical (unpaired) electrons. The van der Waals surface area contributed by atoms with Gasteiger partial charge >= 0.3 is 0 Å². The Bertz CT molecular complexity index is 377. The van der Waals surface area contributed by atoms with Gasteiger partial charge in [-0.1, -0.05) is 51.5 Å². The first kappa shape index (κ1) is 13.6. The second-order valence-corrected chi connectivity index (χ2v) is 5.44. The SMILES string of the molecule is CCC(C)C(C)c1ccc(C2(C)OCCO2)cc1. The zero-order valence-corrected chi connectivity index (χ0v) is 11.9. The van der Waals surface area contributed by atoms with E-state index in [0.29, 0.717) is 25.0 Å². The van der Waals surface area contributed by atoms with Gasteiger partial charge in [0, 0.05) is 5.56 Å². The van der Waals surface area contributed by atoms with Crippen molar-refractivity contribution in [3.63, 3.8) is 0 Å². The van der Waals surface area contributed by atoms with Crippen LogP contribution in [-0.2, 0) is 15.3 Å². The fraction of sp³-hybridized carbons (Fsp3) is 0.625. The van der Waals surface area contributed by atoms with Crippen molar-refractivity contribution >= 4 is 0 Å². The summed E-state index contributed by atoms with van der Waals surface area (Å²) in [6, 6.07) is 8.70. The summed E-state index contributed by atoms with van der Waals surface area (Å²) in [6.45, 7) is 10.2. The highest BCUT2D eigenvalue weighted by Crippen LogP contribution is 2.33. The summed E-state index contributed by atoms with van der Waals surface area (Å²) in [6.07, 6.45) is 1.22. The van der Waals surface area contributed by atoms with Crippen molar-refractivity contribution in [1.29, 1.82) is 0 Å². The summed E-state index contributed by atoms with van der Waals surface area (Å²) in [7, 11) is 0. The van der Waals surface area contributed by atoms with Gasteiger partial charge in [-0.25, -0.2) is 0 Å². The highest BCUT2D eigenvalue weighted by Gasteiger charge is 2.32. The van der Waals surface area contributed by atoms with Gasteiger partial charge < -0.3 is 9.47 Å². The molecule has 0 spiro atoms. The maximum atomic E-state index is 5.67. The molecule has 1 saturated heterocycles. The lowest BCUT2D eigenvalue weighted by atomic mass is 9.86. The molecule has 0 N–H and O–H groups in total. The molecule has 1 heterocycles. The van der Waals surface area contributed by atoms with Crippen LogP contribution in [0.25, 0.3) is 0 Å². The highest BCUT2D eigenvalue weighted by atomic mass is 16.7. The highest BCUT2D eigenvalue weighted by molar-refractivity contribution is 5.28. The lowest BCUT2D eigenvalue weighted by Crippen LogP contribution is -2.22. The molecule has 0 aliphatic carbocycles. The van der Waals surface area contributed by atoms with Gasteiger partial charge in [0.15, 0.2) is 5.79 Å². The van der Waals surface area contributed by atoms with Gasteiger partial charge in [-0.3, -0.25) is 0 Å². The van der Waals surface area contributed by atoms with Crippen LogP contribution in [0.15, 0.2) is 24.3 Å². The Morgan fingerprint density at radius 1 is 1.11 bits per heavy atom. The van der Waals surface area contributed by atoms with Crippen molar-refractivity contribution in [3.05, 3.63) is 35.4 Å². The van der Waals surface area contributed by atoms with Gasteiger partial charge in [-0.05, 0) is 24.3 Å². The lowest BCUT2D eigenvalue weighted by molar-refractivity contribution is -0.149. The van der Waals surface area contributed by atoms with Crippen LogP contribution in [-0.4, -0.2) is 13.2 Å². The van der Waals surface area contributed by atoms with E-state index in [1.807, 2.05) is 6.92 Å². The Kier molecular flexibility index (Phi) is 4.08. The molecule has 1 aromatic rings. The molecule has 0 saturated carbocycles. The number of ether oxygens (including phenoxy) is 2. The third-order valence-corrected chi connectivity index (χ3v) is 4.30. The van der Waals surface area contributed by atoms with Crippen LogP contribution in [0.4, 0.5) is 0 Å². The second-order valence-electron chi connectivity index (χ2n) is 5.44. The Morgan fingerprint density at radius 3 is 2.17 bits per heavy atom. The number of rotatable bonds is 4. The molecular weight excluding hydrogens is 224 g/mol. The topological polar surface area (TPSA) is 18.5 Å². The zero-order chi connectivity index (χ0) is 13.2. The van der Waals surface area contributed by atoms with Gasteiger partial charge in [0.1, 0.15) is 0 Å². The van der Waals surface area contributed by atoms with E-state index in [0.717, 1.165) is 5.56 Å². The van der Waals surface area contributed by atoms with Crippen LogP contribution >= 0.6 is 0 Å². The minimum atomic E-state index is -0.544. The summed E-state index contributed by atoms with van der Waals surface area (Å²) in [4.78, 5) is 0. The van der Waals surface area contributed by atoms with E-state index in [9.17, 15) is 0 Å². The average molecular weight is 248 g/mol. The number of benzene rings is 1. The van der Waals surface area contributed by atoms with E-state index in [2.05, 4.69) is 45.0 Å². The first-order chi connectivity index (χ1) is 8.57. The molecule has 0 aromatic heterocycles. The first-order valence-electron chi connectivity index (χ1n) is 6.95. The molecule has 1 aliphatic heterocycles. The van der Waals surface area contributed by atoms with Gasteiger partial charge in [0.25, 0.3) is 0 Å². The number of hydrogen-bond donors (Lipinski definition) is 0. The third kappa shape index (κ3) is 2.60. The van der Waals surface area contributed by atoms with Gasteiger partial charge in [-0.2, -0.15) is 0 Å². The maximum absolute atomic E-state index is 5.67. The van der Waals surface area contributed by atoms with E-state index in [-0.39, 0.29) is 0 Å². The molecule has 2 atom stereocenters. The largest absolute Gasteiger partial charge is 0.344 e. The minimum Gasteiger partial charge on any atom is -0.344 e. The van der Waals surface area contributed by atoms with Crippen molar-refractivity contribution < 1.29 is 9.47 Å². The molecule has 2 nitrogen and oxygen atoms in total. The summed E-state index contributed by atoms with van der Waals surface area (Å²) in [5.74, 6) is 0.769. The fourth-order valence-electron chi connectivity index (χ4n) is 2.45. The summed E-state index contributed by atoms with van der Waals surface area (Å²) >= 11 is 0. The van der Waals surface area contributed by atoms with Crippen LogP contribution in [0, 0.1) is 5.92 Å². The molecule has 0 amide bonds. The smallest absolute Gasteiger partial charge is 0.192 e. The van der Waals surface area contributed by atoms with Crippen LogP contribution < -0.4 is 0 Å². The third-order valence-electron chi connectivity index (χ3n) is 4.30. The van der Waals surface area contributed by atoms with Crippen molar-refractivity contribution in [2.75, 3.05) is 13.2 Å². The van der Waals surface area contributed by atoms with Crippen molar-refractivity contribution in [1.82, 2.24) is 0 Å². The van der Waals surface area contributed by atoms with Gasteiger partial charge in [0.2, 0.25) is 0 Å². The summed E-state index contributed by atoms with van der Waals surface area (Å²) < 4.78 is 11.3. The molecule has 2 heteroatoms. The van der Waals surface area contributed by atoms with Crippen molar-refractivity contribution in [2.45, 2.75) is 45.8 Å². The molecule has 18 heavy (non-hydrogen) atoms. The second kappa shape index (κ2) is 5.41. The van der Waals surface area contributed by atoms with Crippen LogP contribution in [0.3, 0.4) is 0 Å². The van der Waals surface area contributed by atoms with Crippen LogP contribution in [0.5, 0.6) is 0 Å². The zero-order valence-electron chi connectivity index (χ0n) is 11.9. The molecular formula is C16H24O2. The Morgan fingerprint density at radius 2 is 1.67 bits per heavy atom. The van der Waals surface area contributed by atoms with E-state index in [1.165, 1.54) is 12.0 Å².